The quantitative estimate of drug-likeness (QED) is 0.809. The molecule has 2 rings (SSSR count). The van der Waals surface area contributed by atoms with Gasteiger partial charge in [-0.15, -0.1) is 0 Å². The summed E-state index contributed by atoms with van der Waals surface area (Å²) in [6.07, 6.45) is 2.53. The molecule has 0 bridgehead atoms. The van der Waals surface area contributed by atoms with Crippen molar-refractivity contribution in [2.24, 2.45) is 0 Å². The van der Waals surface area contributed by atoms with Crippen LogP contribution in [0.1, 0.15) is 12.0 Å². The highest BCUT2D eigenvalue weighted by atomic mass is 16.2. The van der Waals surface area contributed by atoms with Crippen LogP contribution in [0.3, 0.4) is 0 Å². The van der Waals surface area contributed by atoms with Crippen molar-refractivity contribution in [1.82, 2.24) is 20.5 Å². The van der Waals surface area contributed by atoms with Crippen molar-refractivity contribution in [2.45, 2.75) is 6.42 Å². The van der Waals surface area contributed by atoms with Crippen molar-refractivity contribution in [3.05, 3.63) is 23.9 Å². The van der Waals surface area contributed by atoms with Gasteiger partial charge in [-0.1, -0.05) is 0 Å². The number of amides is 3. The Morgan fingerprint density at radius 2 is 2.17 bits per heavy atom. The van der Waals surface area contributed by atoms with Gasteiger partial charge in [-0.05, 0) is 18.6 Å². The Morgan fingerprint density at radius 1 is 1.35 bits per heavy atom. The fourth-order valence-electron chi connectivity index (χ4n) is 2.51. The molecule has 0 radical (unpaired) electrons. The fraction of sp³-hybridized carbons (Fsp3) is 0.467. The van der Waals surface area contributed by atoms with E-state index in [1.54, 1.807) is 18.3 Å². The van der Waals surface area contributed by atoms with Crippen molar-refractivity contribution in [3.8, 4) is 6.07 Å². The zero-order valence-electron chi connectivity index (χ0n) is 13.1. The summed E-state index contributed by atoms with van der Waals surface area (Å²) >= 11 is 0. The van der Waals surface area contributed by atoms with Gasteiger partial charge in [0.2, 0.25) is 5.91 Å². The molecular weight excluding hydrogens is 296 g/mol. The van der Waals surface area contributed by atoms with Gasteiger partial charge in [0.1, 0.15) is 11.9 Å². The molecule has 1 aliphatic heterocycles. The topological polar surface area (TPSA) is 101 Å². The van der Waals surface area contributed by atoms with Gasteiger partial charge in [0.15, 0.2) is 0 Å². The van der Waals surface area contributed by atoms with Gasteiger partial charge in [-0.25, -0.2) is 9.78 Å². The molecule has 0 saturated carbocycles. The molecule has 0 atom stereocenters. The summed E-state index contributed by atoms with van der Waals surface area (Å²) < 4.78 is 0. The second-order valence-corrected chi connectivity index (χ2v) is 5.23. The number of hydrogen-bond donors (Lipinski definition) is 2. The number of carbonyl (C=O) groups excluding carboxylic acids is 2. The predicted molar refractivity (Wildman–Crippen MR) is 84.8 cm³/mol. The van der Waals surface area contributed by atoms with Crippen LogP contribution in [-0.2, 0) is 4.79 Å². The van der Waals surface area contributed by atoms with Gasteiger partial charge in [-0.2, -0.15) is 5.26 Å². The number of nitriles is 1. The molecule has 2 heterocycles. The van der Waals surface area contributed by atoms with Crippen LogP contribution in [0.5, 0.6) is 0 Å². The predicted octanol–water partition coefficient (Wildman–Crippen LogP) is -0.0790. The highest BCUT2D eigenvalue weighted by Crippen LogP contribution is 2.18. The van der Waals surface area contributed by atoms with E-state index in [4.69, 9.17) is 0 Å². The number of pyridine rings is 1. The standard InChI is InChI=1S/C15H20N6O2/c1-17-15(23)19-13(22)11-20-6-3-7-21(9-8-20)14-12(10-16)4-2-5-18-14/h2,4-5H,3,6-9,11H2,1H3,(H2,17,19,22,23). The van der Waals surface area contributed by atoms with Crippen molar-refractivity contribution in [3.63, 3.8) is 0 Å². The first kappa shape index (κ1) is 16.7. The van der Waals surface area contributed by atoms with E-state index in [0.29, 0.717) is 24.5 Å². The summed E-state index contributed by atoms with van der Waals surface area (Å²) in [5.41, 5.74) is 0.554. The zero-order valence-corrected chi connectivity index (χ0v) is 13.1. The van der Waals surface area contributed by atoms with E-state index in [9.17, 15) is 14.9 Å². The molecule has 23 heavy (non-hydrogen) atoms. The Hall–Kier alpha value is -2.66. The number of hydrogen-bond acceptors (Lipinski definition) is 6. The van der Waals surface area contributed by atoms with Crippen LogP contribution in [0, 0.1) is 11.3 Å². The summed E-state index contributed by atoms with van der Waals surface area (Å²) in [6.45, 7) is 3.06. The van der Waals surface area contributed by atoms with Crippen LogP contribution in [0.4, 0.5) is 10.6 Å². The number of nitrogens with one attached hydrogen (secondary N) is 2. The first-order valence-electron chi connectivity index (χ1n) is 7.48. The van der Waals surface area contributed by atoms with Crippen LogP contribution in [-0.4, -0.2) is 61.6 Å². The molecule has 1 aromatic rings. The highest BCUT2D eigenvalue weighted by molar-refractivity contribution is 5.95. The first-order valence-corrected chi connectivity index (χ1v) is 7.48. The Morgan fingerprint density at radius 3 is 2.91 bits per heavy atom. The minimum Gasteiger partial charge on any atom is -0.354 e. The van der Waals surface area contributed by atoms with E-state index in [1.165, 1.54) is 7.05 Å². The van der Waals surface area contributed by atoms with E-state index in [0.717, 1.165) is 19.5 Å². The van der Waals surface area contributed by atoms with Crippen molar-refractivity contribution in [2.75, 3.05) is 44.7 Å². The lowest BCUT2D eigenvalue weighted by atomic mass is 10.2. The summed E-state index contributed by atoms with van der Waals surface area (Å²) in [5.74, 6) is 0.361. The third kappa shape index (κ3) is 4.66. The molecule has 0 unspecified atom stereocenters. The van der Waals surface area contributed by atoms with Gasteiger partial charge in [0, 0.05) is 39.4 Å². The van der Waals surface area contributed by atoms with E-state index in [-0.39, 0.29) is 12.5 Å². The molecule has 2 N–H and O–H groups in total. The molecular formula is C15H20N6O2. The van der Waals surface area contributed by atoms with Crippen LogP contribution in [0.15, 0.2) is 18.3 Å². The molecule has 122 valence electrons. The van der Waals surface area contributed by atoms with Gasteiger partial charge in [0.25, 0.3) is 0 Å². The monoisotopic (exact) mass is 316 g/mol. The first-order chi connectivity index (χ1) is 11.1. The number of rotatable bonds is 3. The second-order valence-electron chi connectivity index (χ2n) is 5.23. The van der Waals surface area contributed by atoms with Gasteiger partial charge in [0.05, 0.1) is 12.1 Å². The maximum absolute atomic E-state index is 11.8. The van der Waals surface area contributed by atoms with Crippen molar-refractivity contribution < 1.29 is 9.59 Å². The second kappa shape index (κ2) is 8.10. The molecule has 8 heteroatoms. The number of carbonyl (C=O) groups is 2. The maximum Gasteiger partial charge on any atom is 0.321 e. The van der Waals surface area contributed by atoms with Crippen LogP contribution >= 0.6 is 0 Å². The van der Waals surface area contributed by atoms with E-state index in [1.807, 2.05) is 4.90 Å². The molecule has 0 spiro atoms. The number of imide groups is 1. The molecule has 8 nitrogen and oxygen atoms in total. The Labute approximate surface area is 135 Å². The normalized spacial score (nSPS) is 15.4. The maximum atomic E-state index is 11.8. The molecule has 1 fully saturated rings. The van der Waals surface area contributed by atoms with Crippen molar-refractivity contribution in [1.29, 1.82) is 5.26 Å². The van der Waals surface area contributed by atoms with Gasteiger partial charge < -0.3 is 10.2 Å². The van der Waals surface area contributed by atoms with Gasteiger partial charge >= 0.3 is 6.03 Å². The van der Waals surface area contributed by atoms with E-state index in [2.05, 4.69) is 26.6 Å². The number of aromatic nitrogens is 1. The number of urea groups is 1. The molecule has 1 aliphatic rings. The average molecular weight is 316 g/mol. The minimum atomic E-state index is -0.501. The molecule has 1 aromatic heterocycles. The Balaban J connectivity index is 1.93. The van der Waals surface area contributed by atoms with E-state index < -0.39 is 6.03 Å². The average Bonchev–Trinajstić information content (AvgIpc) is 2.80. The highest BCUT2D eigenvalue weighted by Gasteiger charge is 2.20. The third-order valence-corrected chi connectivity index (χ3v) is 3.64. The van der Waals surface area contributed by atoms with Crippen LogP contribution in [0.25, 0.3) is 0 Å². The molecule has 0 aromatic carbocycles. The zero-order chi connectivity index (χ0) is 16.7. The minimum absolute atomic E-state index is 0.175. The Kier molecular flexibility index (Phi) is 5.88. The Bertz CT molecular complexity index is 612. The number of anilines is 1. The number of nitrogens with zero attached hydrogens (tertiary/aromatic N) is 4. The summed E-state index contributed by atoms with van der Waals surface area (Å²) in [5, 5.41) is 13.8. The smallest absolute Gasteiger partial charge is 0.321 e. The molecule has 0 aliphatic carbocycles. The van der Waals surface area contributed by atoms with Gasteiger partial charge in [-0.3, -0.25) is 15.0 Å². The summed E-state index contributed by atoms with van der Waals surface area (Å²) in [7, 11) is 1.46. The van der Waals surface area contributed by atoms with E-state index >= 15 is 0 Å². The largest absolute Gasteiger partial charge is 0.354 e. The summed E-state index contributed by atoms with van der Waals surface area (Å²) in [6, 6.07) is 5.15. The van der Waals surface area contributed by atoms with Crippen LogP contribution < -0.4 is 15.5 Å². The van der Waals surface area contributed by atoms with Crippen LogP contribution in [0.2, 0.25) is 0 Å². The third-order valence-electron chi connectivity index (χ3n) is 3.64. The van der Waals surface area contributed by atoms with Crippen molar-refractivity contribution >= 4 is 17.8 Å². The lowest BCUT2D eigenvalue weighted by Gasteiger charge is -2.23. The summed E-state index contributed by atoms with van der Waals surface area (Å²) in [4.78, 5) is 31.3. The fourth-order valence-corrected chi connectivity index (χ4v) is 2.51. The SMILES string of the molecule is CNC(=O)NC(=O)CN1CCCN(c2ncccc2C#N)CC1. The lowest BCUT2D eigenvalue weighted by molar-refractivity contribution is -0.121. The molecule has 3 amide bonds. The lowest BCUT2D eigenvalue weighted by Crippen LogP contribution is -2.44. The molecule has 1 saturated heterocycles.